The van der Waals surface area contributed by atoms with Crippen molar-refractivity contribution in [2.24, 2.45) is 0 Å². The molecule has 2 saturated heterocycles. The average Bonchev–Trinajstić information content (AvgIpc) is 0.730. The van der Waals surface area contributed by atoms with Crippen LogP contribution in [0.1, 0.15) is 52.8 Å². The second-order valence-electron chi connectivity index (χ2n) is 25.7. The Hall–Kier alpha value is -8.55. The Morgan fingerprint density at radius 2 is 0.708 bits per heavy atom. The van der Waals surface area contributed by atoms with Gasteiger partial charge in [0.25, 0.3) is 10.8 Å². The minimum atomic E-state index is -2.75. The fraction of sp³-hybridized carbons (Fsp3) is 0.318. The predicted octanol–water partition coefficient (Wildman–Crippen LogP) is 13.8. The molecule has 2 amide bonds. The van der Waals surface area contributed by atoms with E-state index in [9.17, 15) is 9.59 Å². The first-order valence-corrected chi connectivity index (χ1v) is 37.3. The normalized spacial score (nSPS) is 22.5. The van der Waals surface area contributed by atoms with Gasteiger partial charge in [-0.25, -0.2) is 9.59 Å². The number of methoxy groups -OCH3 is 2. The first-order valence-electron chi connectivity index (χ1n) is 35.2. The Morgan fingerprint density at radius 1 is 0.396 bits per heavy atom. The topological polar surface area (TPSA) is 203 Å². The van der Waals surface area contributed by atoms with Gasteiger partial charge in [-0.05, 0) is 63.2 Å². The lowest BCUT2D eigenvalue weighted by atomic mass is 9.86. The summed E-state index contributed by atoms with van der Waals surface area (Å²) in [6, 6.07) is 82.6. The minimum absolute atomic E-state index is 0.0178. The van der Waals surface area contributed by atoms with E-state index in [2.05, 4.69) is 10.6 Å². The van der Waals surface area contributed by atoms with Gasteiger partial charge >= 0.3 is 11.9 Å². The number of nitrogens with one attached hydrogen (secondary N) is 2. The molecule has 0 aliphatic carbocycles. The monoisotopic (exact) mass is 1490 g/mol. The fourth-order valence-electron chi connectivity index (χ4n) is 13.0. The van der Waals surface area contributed by atoms with Crippen molar-refractivity contribution in [1.82, 2.24) is 10.6 Å². The maximum absolute atomic E-state index is 16.7. The number of esters is 2. The highest BCUT2D eigenvalue weighted by Crippen LogP contribution is 2.50. The molecule has 0 bridgehead atoms. The highest BCUT2D eigenvalue weighted by molar-refractivity contribution is 8.00. The number of carbonyl (C=O) groups excluding carboxylic acids is 4. The third kappa shape index (κ3) is 21.4. The Kier molecular flexibility index (Phi) is 29.5. The number of hydrogen-bond donors (Lipinski definition) is 2. The maximum atomic E-state index is 16.7. The van der Waals surface area contributed by atoms with E-state index in [1.54, 1.807) is 0 Å². The number of thioether (sulfide) groups is 2. The van der Waals surface area contributed by atoms with E-state index in [0.717, 1.165) is 33.4 Å². The number of alkyl halides is 1. The third-order valence-electron chi connectivity index (χ3n) is 18.0. The SMILES string of the molecule is COC(=O)[C@]1(O[C@H](COCc2ccccc2)[C@@H](OCc2ccccc2)[C@@H]2O[C@@](Cl)(C(=O)OC)C(Sc3ccccc3)[C@H](OCc3ccccc3)[C@H]2NC(C)=O)O[C@@H]([C@H](OCc2ccccc2)[C@@H](COCc2ccccc2)OCc2ccccc2)[C@H](NC(C)=O)[C@@H](OCc2ccccc2)C1Sc1ccccc1. The molecular formula is C85H89ClN2O16S2. The molecule has 2 aliphatic rings. The van der Waals surface area contributed by atoms with Crippen LogP contribution in [0.2, 0.25) is 0 Å². The van der Waals surface area contributed by atoms with Crippen LogP contribution in [-0.2, 0) is 122 Å². The molecule has 11 rings (SSSR count). The summed E-state index contributed by atoms with van der Waals surface area (Å²) in [6.45, 7) is 2.05. The molecule has 0 radical (unpaired) electrons. The second-order valence-corrected chi connectivity index (χ2v) is 28.6. The van der Waals surface area contributed by atoms with E-state index in [0.29, 0.717) is 15.4 Å². The van der Waals surface area contributed by atoms with E-state index in [1.807, 2.05) is 273 Å². The van der Waals surface area contributed by atoms with Crippen molar-refractivity contribution < 1.29 is 76.0 Å². The molecule has 2 heterocycles. The van der Waals surface area contributed by atoms with Gasteiger partial charge in [0, 0.05) is 23.6 Å². The van der Waals surface area contributed by atoms with Crippen LogP contribution in [0.15, 0.2) is 283 Å². The van der Waals surface area contributed by atoms with Crippen LogP contribution in [0.25, 0.3) is 0 Å². The fourth-order valence-corrected chi connectivity index (χ4v) is 16.1. The molecular weight excluding hydrogens is 1400 g/mol. The molecule has 0 saturated carbocycles. The smallest absolute Gasteiger partial charge is 0.367 e. The Bertz CT molecular complexity index is 4110. The summed E-state index contributed by atoms with van der Waals surface area (Å²) in [7, 11) is 2.43. The van der Waals surface area contributed by atoms with Crippen molar-refractivity contribution in [2.45, 2.75) is 152 Å². The van der Waals surface area contributed by atoms with Crippen molar-refractivity contribution in [3.63, 3.8) is 0 Å². The quantitative estimate of drug-likeness (QED) is 0.0274. The van der Waals surface area contributed by atoms with Crippen LogP contribution in [-0.4, -0.2) is 133 Å². The van der Waals surface area contributed by atoms with Crippen LogP contribution in [0.5, 0.6) is 0 Å². The predicted molar refractivity (Wildman–Crippen MR) is 405 cm³/mol. The largest absolute Gasteiger partial charge is 0.466 e. The minimum Gasteiger partial charge on any atom is -0.466 e. The zero-order valence-corrected chi connectivity index (χ0v) is 61.9. The molecule has 106 heavy (non-hydrogen) atoms. The lowest BCUT2D eigenvalue weighted by Crippen LogP contribution is -2.76. The molecule has 18 nitrogen and oxygen atoms in total. The summed E-state index contributed by atoms with van der Waals surface area (Å²) in [5.41, 5.74) is 5.43. The van der Waals surface area contributed by atoms with E-state index in [-0.39, 0.29) is 52.9 Å². The first-order chi connectivity index (χ1) is 51.8. The molecule has 2 aliphatic heterocycles. The Balaban J connectivity index is 1.16. The van der Waals surface area contributed by atoms with Gasteiger partial charge < -0.3 is 67.5 Å². The Labute approximate surface area is 633 Å². The van der Waals surface area contributed by atoms with Gasteiger partial charge in [-0.2, -0.15) is 0 Å². The van der Waals surface area contributed by atoms with Crippen molar-refractivity contribution in [2.75, 3.05) is 27.4 Å². The highest BCUT2D eigenvalue weighted by Gasteiger charge is 2.67. The molecule has 0 spiro atoms. The zero-order chi connectivity index (χ0) is 73.9. The van der Waals surface area contributed by atoms with E-state index >= 15 is 9.59 Å². The molecule has 554 valence electrons. The van der Waals surface area contributed by atoms with Gasteiger partial charge in [0.15, 0.2) is 0 Å². The van der Waals surface area contributed by atoms with E-state index < -0.39 is 113 Å². The number of rotatable bonds is 37. The standard InChI is InChI=1S/C85H89ClN2O16S2/c1-59(89)87-72-76(103-84(86,82(91)93-3)80(105-68-46-28-12-29-47-68)78(72)100-55-66-42-24-10-25-43-66)75(99-54-65-40-22-9-23-41-65)71(58-96-51-62-34-16-6-17-35-62)102-85(83(92)94-4)81(106-69-48-30-13-31-49-69)79(101-56-67-44-26-11-27-45-67)73(88-60(2)90)77(104-85)74(98-53-64-38-20-8-21-39-64)70(97-52-63-36-18-7-19-37-63)57-95-50-61-32-14-5-15-33-61/h5-49,70-81H,50-58H2,1-4H3,(H,87,89)(H,88,90)/t70-,71-,72+,73+,74-,75-,76-,77-,78-,79-,80?,81?,84-,85-/m1/s1. The van der Waals surface area contributed by atoms with Gasteiger partial charge in [0.2, 0.25) is 11.8 Å². The molecule has 0 aromatic heterocycles. The van der Waals surface area contributed by atoms with Gasteiger partial charge in [0.1, 0.15) is 41.9 Å². The summed E-state index contributed by atoms with van der Waals surface area (Å²) in [5, 5.41) is 1.42. The second kappa shape index (κ2) is 39.9. The van der Waals surface area contributed by atoms with Crippen LogP contribution in [0, 0.1) is 0 Å². The summed E-state index contributed by atoms with van der Waals surface area (Å²) in [4.78, 5) is 62.1. The number of hydrogen-bond acceptors (Lipinski definition) is 18. The Morgan fingerprint density at radius 3 is 1.08 bits per heavy atom. The van der Waals surface area contributed by atoms with Gasteiger partial charge in [-0.3, -0.25) is 9.59 Å². The summed E-state index contributed by atoms with van der Waals surface area (Å²) in [5.74, 6) is -5.80. The lowest BCUT2D eigenvalue weighted by molar-refractivity contribution is -0.343. The molecule has 14 atom stereocenters. The number of halogens is 1. The summed E-state index contributed by atoms with van der Waals surface area (Å²) < 4.78 is 85.1. The average molecular weight is 1490 g/mol. The van der Waals surface area contributed by atoms with Crippen LogP contribution in [0.3, 0.4) is 0 Å². The number of amides is 2. The third-order valence-corrected chi connectivity index (χ3v) is 21.4. The number of ether oxygens (including phenoxy) is 12. The maximum Gasteiger partial charge on any atom is 0.367 e. The molecule has 21 heteroatoms. The lowest BCUT2D eigenvalue weighted by Gasteiger charge is -2.55. The van der Waals surface area contributed by atoms with Crippen molar-refractivity contribution in [1.29, 1.82) is 0 Å². The number of benzene rings is 9. The first kappa shape index (κ1) is 78.5. The van der Waals surface area contributed by atoms with E-state index in [4.69, 9.17) is 68.4 Å². The van der Waals surface area contributed by atoms with Crippen molar-refractivity contribution >= 4 is 58.9 Å². The van der Waals surface area contributed by atoms with Crippen molar-refractivity contribution in [3.05, 3.63) is 312 Å². The van der Waals surface area contributed by atoms with Crippen molar-refractivity contribution in [3.8, 4) is 0 Å². The molecule has 9 aromatic carbocycles. The zero-order valence-electron chi connectivity index (χ0n) is 59.5. The molecule has 9 aromatic rings. The molecule has 2 unspecified atom stereocenters. The molecule has 2 N–H and O–H groups in total. The van der Waals surface area contributed by atoms with Crippen LogP contribution < -0.4 is 10.6 Å². The highest BCUT2D eigenvalue weighted by atomic mass is 35.5. The van der Waals surface area contributed by atoms with Crippen LogP contribution >= 0.6 is 35.1 Å². The van der Waals surface area contributed by atoms with Gasteiger partial charge in [0.05, 0.1) is 103 Å². The van der Waals surface area contributed by atoms with Gasteiger partial charge in [-0.15, -0.1) is 23.5 Å². The summed E-state index contributed by atoms with van der Waals surface area (Å²) >= 11 is 10.4. The summed E-state index contributed by atoms with van der Waals surface area (Å²) in [6.07, 6.45) is -11.3. The molecule has 2 fully saturated rings. The number of carbonyl (C=O) groups is 4. The van der Waals surface area contributed by atoms with Gasteiger partial charge in [-0.1, -0.05) is 260 Å². The van der Waals surface area contributed by atoms with Crippen LogP contribution in [0.4, 0.5) is 0 Å². The van der Waals surface area contributed by atoms with E-state index in [1.165, 1.54) is 51.6 Å².